The normalized spacial score (nSPS) is 16.9. The van der Waals surface area contributed by atoms with Crippen molar-refractivity contribution in [3.8, 4) is 11.9 Å². The minimum Gasteiger partial charge on any atom is -0.860 e. The smallest absolute Gasteiger partial charge is 0.860 e. The quantitative estimate of drug-likeness (QED) is 0.00515. The van der Waals surface area contributed by atoms with Gasteiger partial charge in [-0.1, -0.05) is 63.6 Å². The van der Waals surface area contributed by atoms with Gasteiger partial charge in [-0.25, -0.2) is 50.5 Å². The van der Waals surface area contributed by atoms with Crippen LogP contribution in [0.3, 0.4) is 0 Å². The van der Waals surface area contributed by atoms with Gasteiger partial charge in [0.15, 0.2) is 11.4 Å². The monoisotopic (exact) mass is 2090 g/mol. The van der Waals surface area contributed by atoms with E-state index in [-0.39, 0.29) is 322 Å². The number of allylic oxidation sites excluding steroid dienone is 16. The Bertz CT molecular complexity index is 6190. The SMILES string of the molecule is CC1(C)C(C=CC=C(Cl)C=C/C=C2/N(CCCCS(=O)(=O)[O-])c3ccc(S(=O)(=O)[O-])cc3C2(C)C)=[N+](CCCCS(=O)(=O)[O-])c2ccc(SOO[O-])cc21.Cc1c(C2=C(C=CC3=[N+](CCCCS(=O)(=O)[O-])c4ccc(S(=O)(=O)[O-])cc4C3(C)C)CCC2=CC=C2N(CCS(=O)(=O)[O-])c3ccc(SOO[O-])cc3C2(C)C)c([O-])n(CCSOO[O-])c(=O)c1C#N.[Na+].[Na+].[Na+].[Na+].[Na+].[Na+].[Na+].[Na+]. The van der Waals surface area contributed by atoms with E-state index in [1.165, 1.54) is 37.3 Å². The summed E-state index contributed by atoms with van der Waals surface area (Å²) in [6, 6.07) is 20.4. The first kappa shape index (κ1) is 130. The van der Waals surface area contributed by atoms with E-state index < -0.39 is 122 Å². The number of benzene rings is 4. The van der Waals surface area contributed by atoms with E-state index in [0.29, 0.717) is 127 Å². The number of hydrogen-bond donors (Lipinski definition) is 0. The molecule has 0 radical (unpaired) electrons. The zero-order valence-electron chi connectivity index (χ0n) is 76.0. The summed E-state index contributed by atoms with van der Waals surface area (Å²) in [4.78, 5) is 17.5. The van der Waals surface area contributed by atoms with Gasteiger partial charge in [-0.15, -0.1) is 0 Å². The van der Waals surface area contributed by atoms with Crippen LogP contribution in [-0.2, 0) is 117 Å². The first-order valence-electron chi connectivity index (χ1n) is 37.9. The Hall–Kier alpha value is 0.420. The molecular weight excluding hydrogens is 2000 g/mol. The number of halogens is 1. The van der Waals surface area contributed by atoms with Crippen molar-refractivity contribution in [2.24, 2.45) is 0 Å². The molecule has 0 saturated carbocycles. The molecule has 35 nitrogen and oxygen atoms in total. The predicted octanol–water partition coefficient (Wildman–Crippen LogP) is -16.4. The van der Waals surface area contributed by atoms with Gasteiger partial charge in [0.05, 0.1) is 90.9 Å². The minimum absolute atomic E-state index is 0. The molecule has 1 aromatic heterocycles. The number of aromatic nitrogens is 1. The fraction of sp³-hybridized carbons (Fsp3) is 0.392. The third-order valence-electron chi connectivity index (χ3n) is 21.7. The summed E-state index contributed by atoms with van der Waals surface area (Å²) in [6.45, 7) is 16.9. The number of nitrogens with zero attached hydrogens (tertiary/aromatic N) is 6. The zero-order valence-corrected chi connectivity index (χ0v) is 100. The standard InChI is InChI=1S/C44H50N4O17S5.C35H43ClN2O12S4.8Na/c1-27-32(26-45)41(49)48(19-21-66-64-62-51)42(50)39(27)40-28(10-16-37-44(4,5)34-25-31(70(59,60)61)13-15-36(34)46(37)18-6-7-22-68(53,54)55)8-9-29(40)11-17-38-43(2,3)33-24-30(67-65-63-52)12-14-35(33)47(38)20-23-69(56,57)58;1-34(2)28-23-26(51-50-49-39)15-17-30(28)37(19-5-7-21-52(40,41)42)32(34)13-9-11-25(36)12-10-14-33-35(3,4)29-24-27(54(46,47)48)16-18-31(29)38(33)20-6-8-22-53(43,44)45;;;;;;;;/h10-17,24-25,51-52H,6-9,18-23H2,1-5H3,(H,53,54,55)(H,56,57,58)(H,59,60,61);9-18,23-24H,5-8,19-22H2,1-4H3,(H3-,39,40,41,42,43,44,45,46,47,48);;;;;;;;/q;;8*+1/p-8. The van der Waals surface area contributed by atoms with Crippen molar-refractivity contribution in [1.82, 2.24) is 4.57 Å². The molecule has 0 amide bonds. The average molecular weight is 2090 g/mol. The Morgan fingerprint density at radius 1 is 0.515 bits per heavy atom. The van der Waals surface area contributed by atoms with Gasteiger partial charge in [0.25, 0.3) is 5.56 Å². The second-order valence-electron chi connectivity index (χ2n) is 31.1. The molecule has 674 valence electrons. The van der Waals surface area contributed by atoms with E-state index in [1.807, 2.05) is 79.9 Å². The Balaban J connectivity index is 0.00000128. The van der Waals surface area contributed by atoms with Crippen LogP contribution in [0.25, 0.3) is 5.57 Å². The fourth-order valence-electron chi connectivity index (χ4n) is 15.8. The van der Waals surface area contributed by atoms with E-state index in [4.69, 9.17) is 11.6 Å². The van der Waals surface area contributed by atoms with E-state index in [1.54, 1.807) is 104 Å². The van der Waals surface area contributed by atoms with E-state index in [9.17, 15) is 109 Å². The number of fused-ring (bicyclic) bond motifs is 4. The van der Waals surface area contributed by atoms with Crippen molar-refractivity contribution in [3.63, 3.8) is 0 Å². The van der Waals surface area contributed by atoms with Crippen molar-refractivity contribution in [1.29, 1.82) is 5.26 Å². The molecule has 0 spiro atoms. The molecule has 5 aromatic rings. The molecule has 5 aliphatic rings. The Morgan fingerprint density at radius 3 is 1.45 bits per heavy atom. The summed E-state index contributed by atoms with van der Waals surface area (Å²) in [6.07, 6.45) is 19.2. The van der Waals surface area contributed by atoms with E-state index in [0.717, 1.165) is 39.3 Å². The molecule has 5 heterocycles. The molecule has 53 heteroatoms. The average Bonchev–Trinajstić information content (AvgIpc) is 1.61. The number of unbranched alkanes of at least 4 members (excludes halogenated alkanes) is 3. The second-order valence-corrected chi connectivity index (χ2v) is 42.7. The van der Waals surface area contributed by atoms with Gasteiger partial charge in [-0.05, 0) is 203 Å². The maximum Gasteiger partial charge on any atom is 1.00 e. The van der Waals surface area contributed by atoms with Crippen LogP contribution < -0.4 is 273 Å². The number of anilines is 2. The van der Waals surface area contributed by atoms with Crippen LogP contribution in [0.5, 0.6) is 5.88 Å². The van der Waals surface area contributed by atoms with Crippen molar-refractivity contribution in [3.05, 3.63) is 210 Å². The van der Waals surface area contributed by atoms with Crippen LogP contribution in [0.2, 0.25) is 0 Å². The molecule has 4 aliphatic heterocycles. The first-order chi connectivity index (χ1) is 57.8. The van der Waals surface area contributed by atoms with Crippen LogP contribution >= 0.6 is 47.7 Å². The largest absolute Gasteiger partial charge is 1.00 e. The van der Waals surface area contributed by atoms with Crippen LogP contribution in [0, 0.1) is 18.3 Å². The Morgan fingerprint density at radius 2 is 0.955 bits per heavy atom. The molecule has 10 rings (SSSR count). The molecule has 4 aromatic carbocycles. The predicted molar refractivity (Wildman–Crippen MR) is 446 cm³/mol. The summed E-state index contributed by atoms with van der Waals surface area (Å²) in [7, 11) is -27.6. The third kappa shape index (κ3) is 34.0. The maximum absolute atomic E-state index is 14.7. The van der Waals surface area contributed by atoms with Gasteiger partial charge in [0, 0.05) is 151 Å². The Kier molecular flexibility index (Phi) is 55.0. The van der Waals surface area contributed by atoms with Crippen molar-refractivity contribution >= 4 is 148 Å². The second kappa shape index (κ2) is 55.7. The summed E-state index contributed by atoms with van der Waals surface area (Å²) >= 11 is 8.54. The van der Waals surface area contributed by atoms with E-state index >= 15 is 0 Å². The minimum atomic E-state index is -4.88. The van der Waals surface area contributed by atoms with Gasteiger partial charge in [-0.2, -0.15) is 27.4 Å². The van der Waals surface area contributed by atoms with Gasteiger partial charge >= 0.3 is 236 Å². The van der Waals surface area contributed by atoms with Gasteiger partial charge in [-0.3, -0.25) is 19.9 Å². The summed E-state index contributed by atoms with van der Waals surface area (Å²) in [5, 5.41) is 67.2. The molecular formula is C79H85ClN6Na8O29S9. The van der Waals surface area contributed by atoms with Gasteiger partial charge in [0.1, 0.15) is 45.0 Å². The first-order valence-corrected chi connectivity index (χ1v) is 49.8. The van der Waals surface area contributed by atoms with Crippen molar-refractivity contribution in [2.45, 2.75) is 161 Å². The van der Waals surface area contributed by atoms with Crippen LogP contribution in [-0.4, -0.2) is 158 Å². The van der Waals surface area contributed by atoms with Crippen LogP contribution in [0.15, 0.2) is 186 Å². The third-order valence-corrected chi connectivity index (χ3v) is 28.3. The molecule has 1 aliphatic carbocycles. The molecule has 0 N–H and O–H groups in total. The van der Waals surface area contributed by atoms with Crippen LogP contribution in [0.4, 0.5) is 22.7 Å². The van der Waals surface area contributed by atoms with Crippen molar-refractivity contribution in [2.75, 3.05) is 64.7 Å². The number of rotatable bonds is 39. The fourth-order valence-corrected chi connectivity index (χ4v) is 20.2. The van der Waals surface area contributed by atoms with Crippen molar-refractivity contribution < 1.29 is 372 Å². The number of nitriles is 1. The number of pyridine rings is 1. The molecule has 0 bridgehead atoms. The van der Waals surface area contributed by atoms with Gasteiger partial charge < -0.3 is 62.6 Å². The summed E-state index contributed by atoms with van der Waals surface area (Å²) < 4.78 is 227. The molecule has 0 fully saturated rings. The van der Waals surface area contributed by atoms with Crippen LogP contribution in [0.1, 0.15) is 146 Å². The molecule has 132 heavy (non-hydrogen) atoms. The molecule has 0 unspecified atom stereocenters. The van der Waals surface area contributed by atoms with E-state index in [2.05, 4.69) is 28.1 Å². The summed E-state index contributed by atoms with van der Waals surface area (Å²) in [5.41, 5.74) is 4.97. The summed E-state index contributed by atoms with van der Waals surface area (Å²) in [5.74, 6) is -3.27. The zero-order chi connectivity index (χ0) is 91.7. The van der Waals surface area contributed by atoms with Gasteiger partial charge in [0.2, 0.25) is 11.4 Å². The Labute approximate surface area is 964 Å². The topological polar surface area (TPSA) is 549 Å². The molecule has 0 atom stereocenters. The maximum atomic E-state index is 14.7. The molecule has 0 saturated heterocycles. The number of hydrogen-bond acceptors (Lipinski definition) is 35.